The number of fused-ring (bicyclic) bond motifs is 1. The maximum Gasteiger partial charge on any atom is 0.307 e. The monoisotopic (exact) mass is 247 g/mol. The van der Waals surface area contributed by atoms with E-state index in [0.717, 1.165) is 0 Å². The summed E-state index contributed by atoms with van der Waals surface area (Å²) in [6.07, 6.45) is 2.94. The highest BCUT2D eigenvalue weighted by Crippen LogP contribution is 2.22. The van der Waals surface area contributed by atoms with E-state index in [4.69, 9.17) is 5.11 Å². The Kier molecular flexibility index (Phi) is 3.05. The fourth-order valence-corrected chi connectivity index (χ4v) is 1.54. The number of H-pyrrole nitrogens is 1. The standard InChI is InChI=1S/C11H9N3O4/c15-11(16)3-1-2-9-8-5-4-7(14(17)18)6-10(8)13-12-9/h1-2,4-6H,3H2,(H,12,13)(H,15,16). The largest absolute Gasteiger partial charge is 0.481 e. The summed E-state index contributed by atoms with van der Waals surface area (Å²) < 4.78 is 0. The van der Waals surface area contributed by atoms with Gasteiger partial charge in [0, 0.05) is 17.5 Å². The van der Waals surface area contributed by atoms with Gasteiger partial charge in [0.05, 0.1) is 22.6 Å². The highest BCUT2D eigenvalue weighted by atomic mass is 16.6. The van der Waals surface area contributed by atoms with E-state index in [1.807, 2.05) is 0 Å². The van der Waals surface area contributed by atoms with Crippen LogP contribution in [0.15, 0.2) is 24.3 Å². The minimum Gasteiger partial charge on any atom is -0.481 e. The summed E-state index contributed by atoms with van der Waals surface area (Å²) in [6.45, 7) is 0. The SMILES string of the molecule is O=C(O)CC=Cc1n[nH]c2cc([N+](=O)[O-])ccc12. The molecule has 0 atom stereocenters. The number of non-ortho nitro benzene ring substituents is 1. The number of aromatic amines is 1. The lowest BCUT2D eigenvalue weighted by Gasteiger charge is -1.91. The molecule has 18 heavy (non-hydrogen) atoms. The Morgan fingerprint density at radius 3 is 3.00 bits per heavy atom. The van der Waals surface area contributed by atoms with Gasteiger partial charge in [0.1, 0.15) is 0 Å². The molecular weight excluding hydrogens is 238 g/mol. The van der Waals surface area contributed by atoms with Crippen LogP contribution in [0, 0.1) is 10.1 Å². The van der Waals surface area contributed by atoms with E-state index in [1.54, 1.807) is 12.1 Å². The summed E-state index contributed by atoms with van der Waals surface area (Å²) in [5.74, 6) is -0.929. The smallest absolute Gasteiger partial charge is 0.307 e. The van der Waals surface area contributed by atoms with E-state index in [-0.39, 0.29) is 12.1 Å². The van der Waals surface area contributed by atoms with Gasteiger partial charge in [-0.15, -0.1) is 0 Å². The molecule has 1 aromatic carbocycles. The summed E-state index contributed by atoms with van der Waals surface area (Å²) in [6, 6.07) is 4.35. The van der Waals surface area contributed by atoms with Gasteiger partial charge in [0.15, 0.2) is 0 Å². The molecule has 0 unspecified atom stereocenters. The number of hydrogen-bond donors (Lipinski definition) is 2. The summed E-state index contributed by atoms with van der Waals surface area (Å²) in [4.78, 5) is 20.5. The molecule has 0 spiro atoms. The molecule has 7 nitrogen and oxygen atoms in total. The number of benzene rings is 1. The number of aliphatic carboxylic acids is 1. The van der Waals surface area contributed by atoms with Gasteiger partial charge in [0.25, 0.3) is 5.69 Å². The number of rotatable bonds is 4. The number of carbonyl (C=O) groups is 1. The first-order chi connectivity index (χ1) is 8.58. The van der Waals surface area contributed by atoms with Crippen molar-refractivity contribution in [3.8, 4) is 0 Å². The van der Waals surface area contributed by atoms with Crippen LogP contribution in [-0.2, 0) is 4.79 Å². The summed E-state index contributed by atoms with van der Waals surface area (Å²) in [5, 5.41) is 26.4. The average Bonchev–Trinajstić information content (AvgIpc) is 2.71. The van der Waals surface area contributed by atoms with Crippen molar-refractivity contribution in [3.63, 3.8) is 0 Å². The van der Waals surface area contributed by atoms with Crippen LogP contribution >= 0.6 is 0 Å². The topological polar surface area (TPSA) is 109 Å². The number of aromatic nitrogens is 2. The number of nitro benzene ring substituents is 1. The molecule has 1 aromatic heterocycles. The third-order valence-corrected chi connectivity index (χ3v) is 2.35. The molecule has 0 fully saturated rings. The van der Waals surface area contributed by atoms with Crippen molar-refractivity contribution in [2.45, 2.75) is 6.42 Å². The lowest BCUT2D eigenvalue weighted by Crippen LogP contribution is -1.89. The fourth-order valence-electron chi connectivity index (χ4n) is 1.54. The first kappa shape index (κ1) is 11.8. The van der Waals surface area contributed by atoms with Crippen LogP contribution in [0.2, 0.25) is 0 Å². The first-order valence-corrected chi connectivity index (χ1v) is 5.09. The van der Waals surface area contributed by atoms with Crippen molar-refractivity contribution >= 4 is 28.6 Å². The predicted molar refractivity (Wildman–Crippen MR) is 64.0 cm³/mol. The third kappa shape index (κ3) is 2.34. The van der Waals surface area contributed by atoms with Crippen LogP contribution in [0.5, 0.6) is 0 Å². The van der Waals surface area contributed by atoms with E-state index >= 15 is 0 Å². The molecule has 2 aromatic rings. The maximum absolute atomic E-state index is 10.6. The molecule has 1 heterocycles. The molecule has 92 valence electrons. The zero-order valence-electron chi connectivity index (χ0n) is 9.16. The van der Waals surface area contributed by atoms with Crippen molar-refractivity contribution in [1.82, 2.24) is 10.2 Å². The number of hydrogen-bond acceptors (Lipinski definition) is 4. The van der Waals surface area contributed by atoms with E-state index < -0.39 is 10.9 Å². The van der Waals surface area contributed by atoms with Crippen molar-refractivity contribution in [2.24, 2.45) is 0 Å². The molecule has 7 heteroatoms. The highest BCUT2D eigenvalue weighted by molar-refractivity contribution is 5.88. The second-order valence-electron chi connectivity index (χ2n) is 3.60. The molecular formula is C11H9N3O4. The zero-order chi connectivity index (χ0) is 13.1. The van der Waals surface area contributed by atoms with Gasteiger partial charge >= 0.3 is 5.97 Å². The van der Waals surface area contributed by atoms with E-state index in [1.165, 1.54) is 18.2 Å². The second-order valence-corrected chi connectivity index (χ2v) is 3.60. The molecule has 0 aliphatic rings. The van der Waals surface area contributed by atoms with Gasteiger partial charge in [-0.25, -0.2) is 0 Å². The van der Waals surface area contributed by atoms with Crippen LogP contribution in [0.1, 0.15) is 12.1 Å². The van der Waals surface area contributed by atoms with Crippen molar-refractivity contribution in [1.29, 1.82) is 0 Å². The normalized spacial score (nSPS) is 11.1. The number of carboxylic acids is 1. The Hall–Kier alpha value is -2.70. The molecule has 0 saturated carbocycles. The van der Waals surface area contributed by atoms with Crippen LogP contribution in [0.25, 0.3) is 17.0 Å². The highest BCUT2D eigenvalue weighted by Gasteiger charge is 2.09. The molecule has 0 aliphatic carbocycles. The Bertz CT molecular complexity index is 645. The van der Waals surface area contributed by atoms with Gasteiger partial charge in [-0.2, -0.15) is 5.10 Å². The maximum atomic E-state index is 10.6. The number of nitrogens with one attached hydrogen (secondary N) is 1. The Labute approximate surface area is 101 Å². The number of nitrogens with zero attached hydrogens (tertiary/aromatic N) is 2. The number of carboxylic acid groups (broad SMARTS) is 1. The van der Waals surface area contributed by atoms with Crippen molar-refractivity contribution in [3.05, 3.63) is 40.1 Å². The third-order valence-electron chi connectivity index (χ3n) is 2.35. The molecule has 0 saturated heterocycles. The molecule has 2 rings (SSSR count). The Morgan fingerprint density at radius 1 is 1.56 bits per heavy atom. The van der Waals surface area contributed by atoms with Crippen LogP contribution in [0.4, 0.5) is 5.69 Å². The van der Waals surface area contributed by atoms with Crippen molar-refractivity contribution in [2.75, 3.05) is 0 Å². The fraction of sp³-hybridized carbons (Fsp3) is 0.0909. The summed E-state index contributed by atoms with van der Waals surface area (Å²) in [7, 11) is 0. The first-order valence-electron chi connectivity index (χ1n) is 5.09. The van der Waals surface area contributed by atoms with Gasteiger partial charge in [-0.3, -0.25) is 20.0 Å². The van der Waals surface area contributed by atoms with Gasteiger partial charge in [-0.1, -0.05) is 6.08 Å². The summed E-state index contributed by atoms with van der Waals surface area (Å²) in [5.41, 5.74) is 1.08. The van der Waals surface area contributed by atoms with Gasteiger partial charge in [-0.05, 0) is 12.1 Å². The molecule has 0 radical (unpaired) electrons. The lowest BCUT2D eigenvalue weighted by molar-refractivity contribution is -0.384. The average molecular weight is 247 g/mol. The summed E-state index contributed by atoms with van der Waals surface area (Å²) >= 11 is 0. The van der Waals surface area contributed by atoms with Crippen molar-refractivity contribution < 1.29 is 14.8 Å². The van der Waals surface area contributed by atoms with Gasteiger partial charge < -0.3 is 5.11 Å². The molecule has 0 amide bonds. The van der Waals surface area contributed by atoms with E-state index in [2.05, 4.69) is 10.2 Å². The van der Waals surface area contributed by atoms with Crippen LogP contribution < -0.4 is 0 Å². The molecule has 0 bridgehead atoms. The molecule has 2 N–H and O–H groups in total. The lowest BCUT2D eigenvalue weighted by atomic mass is 10.2. The van der Waals surface area contributed by atoms with E-state index in [9.17, 15) is 14.9 Å². The molecule has 0 aliphatic heterocycles. The number of nitro groups is 1. The quantitative estimate of drug-likeness (QED) is 0.634. The predicted octanol–water partition coefficient (Wildman–Crippen LogP) is 1.96. The Balaban J connectivity index is 2.34. The Morgan fingerprint density at radius 2 is 2.33 bits per heavy atom. The van der Waals surface area contributed by atoms with Crippen LogP contribution in [-0.4, -0.2) is 26.2 Å². The zero-order valence-corrected chi connectivity index (χ0v) is 9.16. The minimum absolute atomic E-state index is 0.0211. The van der Waals surface area contributed by atoms with Crippen LogP contribution in [0.3, 0.4) is 0 Å². The minimum atomic E-state index is -0.929. The van der Waals surface area contributed by atoms with Gasteiger partial charge in [0.2, 0.25) is 0 Å². The van der Waals surface area contributed by atoms with E-state index in [0.29, 0.717) is 16.6 Å². The second kappa shape index (κ2) is 4.66.